The zero-order chi connectivity index (χ0) is 18.7. The van der Waals surface area contributed by atoms with E-state index in [4.69, 9.17) is 28.2 Å². The second kappa shape index (κ2) is 8.78. The molecule has 136 valence electrons. The fourth-order valence-electron chi connectivity index (χ4n) is 3.43. The molecule has 1 aromatic heterocycles. The van der Waals surface area contributed by atoms with Crippen LogP contribution in [-0.2, 0) is 0 Å². The van der Waals surface area contributed by atoms with Gasteiger partial charge in [-0.25, -0.2) is 0 Å². The Morgan fingerprint density at radius 1 is 0.923 bits per heavy atom. The number of halogens is 2. The van der Waals surface area contributed by atoms with Crippen molar-refractivity contribution >= 4 is 53.1 Å². The summed E-state index contributed by atoms with van der Waals surface area (Å²) >= 11 is 11.5. The monoisotopic (exact) mass is 447 g/mol. The molecule has 0 bridgehead atoms. The van der Waals surface area contributed by atoms with Gasteiger partial charge in [0.2, 0.25) is 0 Å². The van der Waals surface area contributed by atoms with E-state index >= 15 is 0 Å². The van der Waals surface area contributed by atoms with Crippen LogP contribution in [0.4, 0.5) is 0 Å². The van der Waals surface area contributed by atoms with Gasteiger partial charge in [-0.3, -0.25) is 0 Å². The average Bonchev–Trinajstić information content (AvgIpc) is 2.61. The average molecular weight is 448 g/mol. The summed E-state index contributed by atoms with van der Waals surface area (Å²) in [6, 6.07) is 14.5. The molecule has 3 aromatic rings. The number of hydrogen-bond acceptors (Lipinski definition) is 1. The van der Waals surface area contributed by atoms with Gasteiger partial charge in [-0.2, -0.15) is 0 Å². The SMILES string of the molecule is CCC[As](CCC)c1cc(C)nc2c(-c3ccc(Cl)cc3Cl)cccc12. The molecule has 0 saturated carbocycles. The third kappa shape index (κ3) is 4.11. The minimum atomic E-state index is -1.08. The van der Waals surface area contributed by atoms with Crippen molar-refractivity contribution in [1.82, 2.24) is 4.98 Å². The maximum absolute atomic E-state index is 6.50. The zero-order valence-corrected chi connectivity index (χ0v) is 18.9. The fourth-order valence-corrected chi connectivity index (χ4v) is 9.56. The molecule has 0 amide bonds. The van der Waals surface area contributed by atoms with Gasteiger partial charge in [-0.15, -0.1) is 0 Å². The van der Waals surface area contributed by atoms with Crippen LogP contribution in [0.15, 0.2) is 42.5 Å². The molecule has 0 N–H and O–H groups in total. The molecular weight excluding hydrogens is 424 g/mol. The summed E-state index contributed by atoms with van der Waals surface area (Å²) in [5, 5.41) is 5.34. The van der Waals surface area contributed by atoms with Crippen LogP contribution in [0.1, 0.15) is 32.4 Å². The standard InChI is InChI=1S/C22H24AsCl2N/c1-4-11-23(12-5-2)20-13-15(3)26-22-18(7-6-8-19(20)22)17-10-9-16(24)14-21(17)25/h6-10,13-14H,4-5,11-12H2,1-3H3. The van der Waals surface area contributed by atoms with Crippen LogP contribution >= 0.6 is 23.2 Å². The van der Waals surface area contributed by atoms with E-state index in [0.717, 1.165) is 22.3 Å². The summed E-state index contributed by atoms with van der Waals surface area (Å²) in [5.41, 5.74) is 4.25. The molecule has 0 saturated heterocycles. The molecular formula is C22H24AsCl2N. The van der Waals surface area contributed by atoms with E-state index in [9.17, 15) is 0 Å². The van der Waals surface area contributed by atoms with Crippen molar-refractivity contribution in [3.8, 4) is 11.1 Å². The predicted molar refractivity (Wildman–Crippen MR) is 118 cm³/mol. The van der Waals surface area contributed by atoms with Crippen molar-refractivity contribution in [1.29, 1.82) is 0 Å². The molecule has 0 aliphatic heterocycles. The second-order valence-electron chi connectivity index (χ2n) is 6.60. The van der Waals surface area contributed by atoms with E-state index in [1.54, 1.807) is 10.4 Å². The van der Waals surface area contributed by atoms with Crippen molar-refractivity contribution in [3.63, 3.8) is 0 Å². The third-order valence-electron chi connectivity index (χ3n) is 4.49. The molecule has 0 radical (unpaired) electrons. The number of pyridine rings is 1. The molecule has 0 aliphatic carbocycles. The first-order valence-corrected chi connectivity index (χ1v) is 13.5. The number of hydrogen-bond donors (Lipinski definition) is 0. The van der Waals surface area contributed by atoms with Crippen molar-refractivity contribution in [2.24, 2.45) is 0 Å². The second-order valence-corrected chi connectivity index (χ2v) is 12.6. The quantitative estimate of drug-likeness (QED) is 0.369. The van der Waals surface area contributed by atoms with Crippen LogP contribution in [0.2, 0.25) is 20.5 Å². The Bertz CT molecular complexity index is 917. The normalized spacial score (nSPS) is 11.5. The molecule has 1 nitrogen and oxygen atoms in total. The Morgan fingerprint density at radius 2 is 1.65 bits per heavy atom. The van der Waals surface area contributed by atoms with Gasteiger partial charge in [-0.05, 0) is 0 Å². The Morgan fingerprint density at radius 3 is 2.31 bits per heavy atom. The molecule has 0 spiro atoms. The first-order valence-electron chi connectivity index (χ1n) is 9.15. The molecule has 3 rings (SSSR count). The Labute approximate surface area is 171 Å². The van der Waals surface area contributed by atoms with E-state index in [1.807, 2.05) is 12.1 Å². The number of aryl methyl sites for hydroxylation is 1. The van der Waals surface area contributed by atoms with Crippen LogP contribution in [0.3, 0.4) is 0 Å². The van der Waals surface area contributed by atoms with Crippen LogP contribution in [0, 0.1) is 6.92 Å². The number of fused-ring (bicyclic) bond motifs is 1. The molecule has 4 heteroatoms. The number of aromatic nitrogens is 1. The predicted octanol–water partition coefficient (Wildman–Crippen LogP) is 7.04. The van der Waals surface area contributed by atoms with Crippen molar-refractivity contribution in [2.75, 3.05) is 0 Å². The fraction of sp³-hybridized carbons (Fsp3) is 0.318. The van der Waals surface area contributed by atoms with Crippen LogP contribution in [-0.4, -0.2) is 19.6 Å². The topological polar surface area (TPSA) is 12.9 Å². The Balaban J connectivity index is 2.25. The van der Waals surface area contributed by atoms with E-state index in [-0.39, 0.29) is 0 Å². The summed E-state index contributed by atoms with van der Waals surface area (Å²) in [5.74, 6) is 0. The van der Waals surface area contributed by atoms with Crippen LogP contribution in [0.25, 0.3) is 22.0 Å². The van der Waals surface area contributed by atoms with Crippen molar-refractivity contribution in [2.45, 2.75) is 44.0 Å². The summed E-state index contributed by atoms with van der Waals surface area (Å²) in [6.45, 7) is 6.70. The van der Waals surface area contributed by atoms with Crippen molar-refractivity contribution < 1.29 is 0 Å². The summed E-state index contributed by atoms with van der Waals surface area (Å²) in [6.07, 6.45) is 2.51. The van der Waals surface area contributed by atoms with E-state index in [2.05, 4.69) is 45.0 Å². The number of nitrogens with zero attached hydrogens (tertiary/aromatic N) is 1. The number of para-hydroxylation sites is 1. The Hall–Kier alpha value is -1.01. The summed E-state index contributed by atoms with van der Waals surface area (Å²) in [7, 11) is 0. The summed E-state index contributed by atoms with van der Waals surface area (Å²) < 4.78 is 1.57. The molecule has 1 heterocycles. The molecule has 0 fully saturated rings. The molecule has 0 aliphatic rings. The van der Waals surface area contributed by atoms with E-state index in [1.165, 1.54) is 28.6 Å². The molecule has 0 atom stereocenters. The summed E-state index contributed by atoms with van der Waals surface area (Å²) in [4.78, 5) is 4.91. The van der Waals surface area contributed by atoms with E-state index < -0.39 is 14.7 Å². The molecule has 0 unspecified atom stereocenters. The van der Waals surface area contributed by atoms with Gasteiger partial charge in [0, 0.05) is 0 Å². The van der Waals surface area contributed by atoms with Gasteiger partial charge in [-0.1, -0.05) is 0 Å². The first kappa shape index (κ1) is 19.7. The third-order valence-corrected chi connectivity index (χ3v) is 11.4. The van der Waals surface area contributed by atoms with Gasteiger partial charge in [0.15, 0.2) is 0 Å². The maximum atomic E-state index is 6.50. The van der Waals surface area contributed by atoms with Crippen LogP contribution < -0.4 is 4.35 Å². The zero-order valence-electron chi connectivity index (χ0n) is 15.5. The number of benzene rings is 2. The van der Waals surface area contributed by atoms with Crippen LogP contribution in [0.5, 0.6) is 0 Å². The van der Waals surface area contributed by atoms with E-state index in [0.29, 0.717) is 10.0 Å². The number of rotatable bonds is 6. The first-order chi connectivity index (χ1) is 12.5. The van der Waals surface area contributed by atoms with Crippen molar-refractivity contribution in [3.05, 3.63) is 58.2 Å². The minimum absolute atomic E-state index is 0.655. The van der Waals surface area contributed by atoms with Gasteiger partial charge < -0.3 is 0 Å². The van der Waals surface area contributed by atoms with Gasteiger partial charge in [0.25, 0.3) is 0 Å². The van der Waals surface area contributed by atoms with Gasteiger partial charge in [0.1, 0.15) is 0 Å². The van der Waals surface area contributed by atoms with Gasteiger partial charge in [0.05, 0.1) is 0 Å². The van der Waals surface area contributed by atoms with Gasteiger partial charge >= 0.3 is 171 Å². The Kier molecular flexibility index (Phi) is 6.67. The molecule has 26 heavy (non-hydrogen) atoms. The molecule has 2 aromatic carbocycles.